The quantitative estimate of drug-likeness (QED) is 0.618. The van der Waals surface area contributed by atoms with Gasteiger partial charge in [-0.2, -0.15) is 0 Å². The van der Waals surface area contributed by atoms with Gasteiger partial charge in [0.05, 0.1) is 20.1 Å². The molecular weight excluding hydrogens is 428 g/mol. The van der Waals surface area contributed by atoms with E-state index in [4.69, 9.17) is 19.9 Å². The second-order valence-electron chi connectivity index (χ2n) is 7.71. The van der Waals surface area contributed by atoms with Gasteiger partial charge in [0.2, 0.25) is 11.7 Å². The highest BCUT2D eigenvalue weighted by Gasteiger charge is 2.30. The Hall–Kier alpha value is -3.82. The number of hydrogen-bond acceptors (Lipinski definition) is 7. The number of nitrogens with two attached hydrogens (primary N) is 1. The van der Waals surface area contributed by atoms with E-state index in [0.29, 0.717) is 30.8 Å². The second-order valence-corrected chi connectivity index (χ2v) is 7.71. The summed E-state index contributed by atoms with van der Waals surface area (Å²) in [6.07, 6.45) is 2.99. The van der Waals surface area contributed by atoms with Crippen molar-refractivity contribution in [3.05, 3.63) is 41.6 Å². The van der Waals surface area contributed by atoms with Gasteiger partial charge in [0.1, 0.15) is 5.82 Å². The van der Waals surface area contributed by atoms with Crippen LogP contribution in [0.25, 0.3) is 0 Å². The van der Waals surface area contributed by atoms with Crippen molar-refractivity contribution in [1.29, 1.82) is 0 Å². The Labute approximate surface area is 192 Å². The van der Waals surface area contributed by atoms with Crippen molar-refractivity contribution in [1.82, 2.24) is 9.88 Å². The fraction of sp³-hybridized carbons (Fsp3) is 0.391. The summed E-state index contributed by atoms with van der Waals surface area (Å²) >= 11 is 0. The number of aromatic nitrogens is 1. The first-order chi connectivity index (χ1) is 15.8. The van der Waals surface area contributed by atoms with Crippen LogP contribution in [0, 0.1) is 12.8 Å². The Morgan fingerprint density at radius 3 is 2.52 bits per heavy atom. The Morgan fingerprint density at radius 1 is 1.21 bits per heavy atom. The average molecular weight is 456 g/mol. The number of amides is 3. The maximum atomic E-state index is 13.2. The fourth-order valence-electron chi connectivity index (χ4n) is 3.68. The van der Waals surface area contributed by atoms with Crippen LogP contribution < -0.4 is 25.3 Å². The highest BCUT2D eigenvalue weighted by molar-refractivity contribution is 5.97. The SMILES string of the molecule is COc1cc(C(=O)N2CCCC(C(=O)Nc3ncccc3C)C2)cc(OC)c1OCC(N)=O. The van der Waals surface area contributed by atoms with Crippen LogP contribution in [-0.2, 0) is 9.59 Å². The average Bonchev–Trinajstić information content (AvgIpc) is 2.83. The Balaban J connectivity index is 1.76. The number of piperidine rings is 1. The van der Waals surface area contributed by atoms with Crippen LogP contribution in [0.5, 0.6) is 17.2 Å². The number of pyridine rings is 1. The number of likely N-dealkylation sites (tertiary alicyclic amines) is 1. The molecule has 0 radical (unpaired) electrons. The van der Waals surface area contributed by atoms with Crippen LogP contribution >= 0.6 is 0 Å². The molecule has 10 nitrogen and oxygen atoms in total. The zero-order valence-electron chi connectivity index (χ0n) is 18.9. The number of nitrogens with one attached hydrogen (secondary N) is 1. The number of rotatable bonds is 8. The van der Waals surface area contributed by atoms with Crippen molar-refractivity contribution >= 4 is 23.5 Å². The number of nitrogens with zero attached hydrogens (tertiary/aromatic N) is 2. The molecule has 1 aliphatic rings. The van der Waals surface area contributed by atoms with E-state index in [2.05, 4.69) is 10.3 Å². The molecule has 33 heavy (non-hydrogen) atoms. The number of ether oxygens (including phenoxy) is 3. The lowest BCUT2D eigenvalue weighted by molar-refractivity contribution is -0.121. The van der Waals surface area contributed by atoms with Crippen molar-refractivity contribution in [3.8, 4) is 17.2 Å². The third-order valence-corrected chi connectivity index (χ3v) is 5.40. The summed E-state index contributed by atoms with van der Waals surface area (Å²) in [6, 6.07) is 6.71. The molecule has 0 bridgehead atoms. The van der Waals surface area contributed by atoms with E-state index in [1.54, 1.807) is 17.2 Å². The van der Waals surface area contributed by atoms with Crippen LogP contribution in [0.3, 0.4) is 0 Å². The minimum atomic E-state index is -0.655. The second kappa shape index (κ2) is 10.7. The summed E-state index contributed by atoms with van der Waals surface area (Å²) in [4.78, 5) is 43.0. The lowest BCUT2D eigenvalue weighted by atomic mass is 9.96. The number of hydrogen-bond donors (Lipinski definition) is 2. The predicted molar refractivity (Wildman–Crippen MR) is 120 cm³/mol. The minimum Gasteiger partial charge on any atom is -0.493 e. The first kappa shape index (κ1) is 23.8. The van der Waals surface area contributed by atoms with Gasteiger partial charge in [-0.1, -0.05) is 6.07 Å². The van der Waals surface area contributed by atoms with Gasteiger partial charge in [-0.05, 0) is 43.5 Å². The van der Waals surface area contributed by atoms with Crippen LogP contribution in [0.1, 0.15) is 28.8 Å². The molecule has 1 aromatic heterocycles. The summed E-state index contributed by atoms with van der Waals surface area (Å²) in [5, 5.41) is 2.86. The molecule has 2 aromatic rings. The number of primary amides is 1. The van der Waals surface area contributed by atoms with E-state index in [9.17, 15) is 14.4 Å². The normalized spacial score (nSPS) is 15.5. The first-order valence-electron chi connectivity index (χ1n) is 10.5. The molecule has 0 saturated carbocycles. The van der Waals surface area contributed by atoms with Gasteiger partial charge in [-0.3, -0.25) is 14.4 Å². The molecule has 3 amide bonds. The summed E-state index contributed by atoms with van der Waals surface area (Å²) in [7, 11) is 2.84. The van der Waals surface area contributed by atoms with Crippen molar-refractivity contribution < 1.29 is 28.6 Å². The Bertz CT molecular complexity index is 1020. The van der Waals surface area contributed by atoms with Crippen molar-refractivity contribution in [3.63, 3.8) is 0 Å². The van der Waals surface area contributed by atoms with E-state index in [1.165, 1.54) is 26.4 Å². The zero-order chi connectivity index (χ0) is 24.0. The summed E-state index contributed by atoms with van der Waals surface area (Å²) in [5.41, 5.74) is 6.33. The van der Waals surface area contributed by atoms with Crippen LogP contribution in [-0.4, -0.2) is 61.5 Å². The first-order valence-corrected chi connectivity index (χ1v) is 10.5. The lowest BCUT2D eigenvalue weighted by Crippen LogP contribution is -2.43. The topological polar surface area (TPSA) is 133 Å². The van der Waals surface area contributed by atoms with Gasteiger partial charge in [0.15, 0.2) is 18.1 Å². The van der Waals surface area contributed by atoms with Crippen LogP contribution in [0.15, 0.2) is 30.5 Å². The highest BCUT2D eigenvalue weighted by atomic mass is 16.5. The molecule has 3 rings (SSSR count). The van der Waals surface area contributed by atoms with E-state index in [0.717, 1.165) is 5.56 Å². The number of benzene rings is 1. The summed E-state index contributed by atoms with van der Waals surface area (Å²) in [6.45, 7) is 2.31. The Morgan fingerprint density at radius 2 is 1.91 bits per heavy atom. The molecule has 1 aromatic carbocycles. The van der Waals surface area contributed by atoms with Gasteiger partial charge in [0, 0.05) is 24.8 Å². The van der Waals surface area contributed by atoms with E-state index in [1.807, 2.05) is 13.0 Å². The van der Waals surface area contributed by atoms with Crippen molar-refractivity contribution in [2.45, 2.75) is 19.8 Å². The molecule has 1 saturated heterocycles. The van der Waals surface area contributed by atoms with E-state index >= 15 is 0 Å². The highest BCUT2D eigenvalue weighted by Crippen LogP contribution is 2.39. The standard InChI is InChI=1S/C23H28N4O6/c1-14-6-4-8-25-21(14)26-22(29)15-7-5-9-27(12-15)23(30)16-10-17(31-2)20(18(11-16)32-3)33-13-19(24)28/h4,6,8,10-11,15H,5,7,9,12-13H2,1-3H3,(H2,24,28)(H,25,26,29). The molecule has 1 aliphatic heterocycles. The van der Waals surface area contributed by atoms with Gasteiger partial charge in [-0.15, -0.1) is 0 Å². The molecule has 2 heterocycles. The predicted octanol–water partition coefficient (Wildman–Crippen LogP) is 1.76. The monoisotopic (exact) mass is 456 g/mol. The van der Waals surface area contributed by atoms with E-state index < -0.39 is 5.91 Å². The Kier molecular flexibility index (Phi) is 7.70. The molecule has 0 aliphatic carbocycles. The van der Waals surface area contributed by atoms with Gasteiger partial charge >= 0.3 is 0 Å². The maximum Gasteiger partial charge on any atom is 0.255 e. The molecular formula is C23H28N4O6. The lowest BCUT2D eigenvalue weighted by Gasteiger charge is -2.32. The van der Waals surface area contributed by atoms with Gasteiger partial charge in [-0.25, -0.2) is 4.98 Å². The largest absolute Gasteiger partial charge is 0.493 e. The number of anilines is 1. The third kappa shape index (κ3) is 5.71. The number of aryl methyl sites for hydroxylation is 1. The van der Waals surface area contributed by atoms with Crippen molar-refractivity contribution in [2.75, 3.05) is 39.2 Å². The van der Waals surface area contributed by atoms with Crippen LogP contribution in [0.2, 0.25) is 0 Å². The third-order valence-electron chi connectivity index (χ3n) is 5.40. The summed E-state index contributed by atoms with van der Waals surface area (Å²) in [5.74, 6) is -0.279. The maximum absolute atomic E-state index is 13.2. The van der Waals surface area contributed by atoms with Gasteiger partial charge < -0.3 is 30.2 Å². The summed E-state index contributed by atoms with van der Waals surface area (Å²) < 4.78 is 16.1. The molecule has 176 valence electrons. The number of methoxy groups -OCH3 is 2. The number of carbonyl (C=O) groups is 3. The minimum absolute atomic E-state index is 0.167. The zero-order valence-corrected chi connectivity index (χ0v) is 18.9. The number of carbonyl (C=O) groups excluding carboxylic acids is 3. The van der Waals surface area contributed by atoms with Crippen LogP contribution in [0.4, 0.5) is 5.82 Å². The molecule has 1 atom stereocenters. The molecule has 1 fully saturated rings. The molecule has 1 unspecified atom stereocenters. The van der Waals surface area contributed by atoms with E-state index in [-0.39, 0.29) is 48.1 Å². The molecule has 3 N–H and O–H groups in total. The smallest absolute Gasteiger partial charge is 0.255 e. The fourth-order valence-corrected chi connectivity index (χ4v) is 3.68. The molecule has 10 heteroatoms. The van der Waals surface area contributed by atoms with Gasteiger partial charge in [0.25, 0.3) is 11.8 Å². The van der Waals surface area contributed by atoms with Crippen molar-refractivity contribution in [2.24, 2.45) is 11.7 Å². The molecule has 0 spiro atoms.